The molecule has 1 atom stereocenters. The van der Waals surface area contributed by atoms with Crippen molar-refractivity contribution >= 4 is 44.4 Å². The topological polar surface area (TPSA) is 101 Å². The normalized spacial score (nSPS) is 15.1. The lowest BCUT2D eigenvalue weighted by Gasteiger charge is -2.39. The van der Waals surface area contributed by atoms with Crippen molar-refractivity contribution in [2.75, 3.05) is 18.1 Å². The average Bonchev–Trinajstić information content (AvgIpc) is 3.50. The Bertz CT molecular complexity index is 1650. The molecule has 2 aromatic heterocycles. The Morgan fingerprint density at radius 3 is 2.47 bits per heavy atom. The van der Waals surface area contributed by atoms with E-state index in [0.29, 0.717) is 23.8 Å². The molecule has 0 radical (unpaired) electrons. The van der Waals surface area contributed by atoms with Gasteiger partial charge in [-0.2, -0.15) is 0 Å². The van der Waals surface area contributed by atoms with Crippen LogP contribution < -0.4 is 5.32 Å². The van der Waals surface area contributed by atoms with Crippen LogP contribution in [0.25, 0.3) is 28.5 Å². The molecule has 1 aliphatic heterocycles. The van der Waals surface area contributed by atoms with Crippen LogP contribution in [-0.2, 0) is 14.8 Å². The Kier molecular flexibility index (Phi) is 6.77. The number of rotatable bonds is 7. The molecule has 10 heteroatoms. The maximum absolute atomic E-state index is 13.0. The molecule has 5 rings (SSSR count). The van der Waals surface area contributed by atoms with Gasteiger partial charge in [0, 0.05) is 29.4 Å². The summed E-state index contributed by atoms with van der Waals surface area (Å²) in [5, 5.41) is 5.17. The van der Waals surface area contributed by atoms with Crippen molar-refractivity contribution in [3.8, 4) is 22.4 Å². The van der Waals surface area contributed by atoms with E-state index in [2.05, 4.69) is 22.9 Å². The van der Waals surface area contributed by atoms with E-state index in [4.69, 9.17) is 0 Å². The number of nitrogens with zero attached hydrogens (tertiary/aromatic N) is 3. The lowest BCUT2D eigenvalue weighted by molar-refractivity contribution is -0.123. The zero-order valence-electron chi connectivity index (χ0n) is 20.9. The second-order valence-electron chi connectivity index (χ2n) is 9.17. The molecule has 0 spiro atoms. The number of anilines is 1. The number of thiazole rings is 1. The van der Waals surface area contributed by atoms with Crippen molar-refractivity contribution in [1.29, 1.82) is 0 Å². The van der Waals surface area contributed by atoms with Crippen LogP contribution in [0.15, 0.2) is 72.8 Å². The molecular weight excluding hydrogens is 520 g/mol. The van der Waals surface area contributed by atoms with Crippen LogP contribution in [0.4, 0.5) is 5.13 Å². The summed E-state index contributed by atoms with van der Waals surface area (Å²) in [6.45, 7) is 5.83. The maximum Gasteiger partial charge on any atom is 0.256 e. The zero-order valence-corrected chi connectivity index (χ0v) is 22.6. The van der Waals surface area contributed by atoms with Crippen LogP contribution in [0.3, 0.4) is 0 Å². The SMILES string of the molecule is C=Cc1ccc(-c2cccc(-c3csc(NC(=O)[C@@H]4CCN4C(=O)c4cc(C)n(S(C)(=O)=O)c4)n3)c2)cc1. The number of hydrogen-bond acceptors (Lipinski definition) is 6. The molecule has 0 saturated carbocycles. The number of nitrogens with one attached hydrogen (secondary N) is 1. The molecule has 1 fully saturated rings. The molecule has 2 aromatic carbocycles. The third kappa shape index (κ3) is 5.05. The van der Waals surface area contributed by atoms with Crippen molar-refractivity contribution in [2.45, 2.75) is 19.4 Å². The summed E-state index contributed by atoms with van der Waals surface area (Å²) < 4.78 is 24.9. The molecule has 4 aromatic rings. The summed E-state index contributed by atoms with van der Waals surface area (Å²) in [4.78, 5) is 32.0. The third-order valence-corrected chi connectivity index (χ3v) is 8.39. The first-order valence-corrected chi connectivity index (χ1v) is 14.7. The van der Waals surface area contributed by atoms with E-state index in [1.165, 1.54) is 28.5 Å². The van der Waals surface area contributed by atoms with Gasteiger partial charge in [0.05, 0.1) is 17.5 Å². The smallest absolute Gasteiger partial charge is 0.256 e. The Labute approximate surface area is 225 Å². The summed E-state index contributed by atoms with van der Waals surface area (Å²) in [7, 11) is -3.52. The van der Waals surface area contributed by atoms with Gasteiger partial charge in [-0.05, 0) is 42.2 Å². The minimum Gasteiger partial charge on any atom is -0.326 e. The minimum absolute atomic E-state index is 0.237. The summed E-state index contributed by atoms with van der Waals surface area (Å²) >= 11 is 1.32. The first-order chi connectivity index (χ1) is 18.1. The van der Waals surface area contributed by atoms with Gasteiger partial charge in [0.1, 0.15) is 6.04 Å². The summed E-state index contributed by atoms with van der Waals surface area (Å²) in [6, 6.07) is 17.0. The highest BCUT2D eigenvalue weighted by Gasteiger charge is 2.38. The number of carbonyl (C=O) groups is 2. The molecule has 0 aliphatic carbocycles. The van der Waals surface area contributed by atoms with Crippen molar-refractivity contribution in [3.05, 3.63) is 89.6 Å². The van der Waals surface area contributed by atoms with E-state index in [9.17, 15) is 18.0 Å². The van der Waals surface area contributed by atoms with Gasteiger partial charge >= 0.3 is 0 Å². The number of aromatic nitrogens is 2. The van der Waals surface area contributed by atoms with Crippen molar-refractivity contribution < 1.29 is 18.0 Å². The van der Waals surface area contributed by atoms with E-state index in [1.54, 1.807) is 13.0 Å². The van der Waals surface area contributed by atoms with E-state index >= 15 is 0 Å². The van der Waals surface area contributed by atoms with Crippen LogP contribution in [0.5, 0.6) is 0 Å². The number of hydrogen-bond donors (Lipinski definition) is 1. The lowest BCUT2D eigenvalue weighted by atomic mass is 10.0. The van der Waals surface area contributed by atoms with Crippen LogP contribution in [-0.4, -0.2) is 52.9 Å². The zero-order chi connectivity index (χ0) is 27.0. The van der Waals surface area contributed by atoms with Crippen molar-refractivity contribution in [2.24, 2.45) is 0 Å². The molecule has 1 aliphatic rings. The fourth-order valence-electron chi connectivity index (χ4n) is 4.42. The molecule has 194 valence electrons. The largest absolute Gasteiger partial charge is 0.326 e. The lowest BCUT2D eigenvalue weighted by Crippen LogP contribution is -2.56. The third-order valence-electron chi connectivity index (χ3n) is 6.53. The fourth-order valence-corrected chi connectivity index (χ4v) is 6.02. The number of amides is 2. The number of carbonyl (C=O) groups excluding carboxylic acids is 2. The summed E-state index contributed by atoms with van der Waals surface area (Å²) in [5.74, 6) is -0.694. The highest BCUT2D eigenvalue weighted by Crippen LogP contribution is 2.30. The van der Waals surface area contributed by atoms with Crippen molar-refractivity contribution in [3.63, 3.8) is 0 Å². The molecule has 8 nitrogen and oxygen atoms in total. The number of benzene rings is 2. The monoisotopic (exact) mass is 546 g/mol. The van der Waals surface area contributed by atoms with Gasteiger partial charge in [-0.15, -0.1) is 11.3 Å². The van der Waals surface area contributed by atoms with E-state index in [0.717, 1.165) is 38.2 Å². The first-order valence-electron chi connectivity index (χ1n) is 11.9. The average molecular weight is 547 g/mol. The summed E-state index contributed by atoms with van der Waals surface area (Å²) in [6.07, 6.45) is 4.71. The van der Waals surface area contributed by atoms with Crippen LogP contribution in [0, 0.1) is 6.92 Å². The molecule has 38 heavy (non-hydrogen) atoms. The Hall–Kier alpha value is -4.02. The van der Waals surface area contributed by atoms with Gasteiger partial charge in [0.25, 0.3) is 5.91 Å². The van der Waals surface area contributed by atoms with Gasteiger partial charge in [-0.25, -0.2) is 17.4 Å². The van der Waals surface area contributed by atoms with Gasteiger partial charge < -0.3 is 10.2 Å². The first kappa shape index (κ1) is 25.6. The predicted molar refractivity (Wildman–Crippen MR) is 151 cm³/mol. The maximum atomic E-state index is 13.0. The molecule has 2 amide bonds. The highest BCUT2D eigenvalue weighted by molar-refractivity contribution is 7.89. The fraction of sp³-hybridized carbons (Fsp3) is 0.179. The minimum atomic E-state index is -3.52. The van der Waals surface area contributed by atoms with E-state index in [-0.39, 0.29) is 17.4 Å². The molecule has 1 saturated heterocycles. The molecule has 1 N–H and O–H groups in total. The number of likely N-dealkylation sites (tertiary alicyclic amines) is 1. The number of aryl methyl sites for hydroxylation is 1. The van der Waals surface area contributed by atoms with E-state index in [1.807, 2.05) is 47.8 Å². The molecule has 0 unspecified atom stereocenters. The second kappa shape index (κ2) is 10.0. The predicted octanol–water partition coefficient (Wildman–Crippen LogP) is 4.89. The quantitative estimate of drug-likeness (QED) is 0.356. The Balaban J connectivity index is 1.27. The second-order valence-corrected chi connectivity index (χ2v) is 11.9. The van der Waals surface area contributed by atoms with Gasteiger partial charge in [-0.3, -0.25) is 9.59 Å². The van der Waals surface area contributed by atoms with Crippen LogP contribution in [0.2, 0.25) is 0 Å². The van der Waals surface area contributed by atoms with Gasteiger partial charge in [0.15, 0.2) is 5.13 Å². The molecular formula is C28H26N4O4S2. The van der Waals surface area contributed by atoms with E-state index < -0.39 is 16.1 Å². The van der Waals surface area contributed by atoms with Gasteiger partial charge in [0.2, 0.25) is 15.9 Å². The highest BCUT2D eigenvalue weighted by atomic mass is 32.2. The van der Waals surface area contributed by atoms with Crippen LogP contribution >= 0.6 is 11.3 Å². The Morgan fingerprint density at radius 2 is 1.84 bits per heavy atom. The Morgan fingerprint density at radius 1 is 1.11 bits per heavy atom. The molecule has 3 heterocycles. The molecule has 0 bridgehead atoms. The van der Waals surface area contributed by atoms with Gasteiger partial charge in [-0.1, -0.05) is 55.1 Å². The van der Waals surface area contributed by atoms with Crippen molar-refractivity contribution in [1.82, 2.24) is 13.9 Å². The standard InChI is InChI=1S/C28H26N4O4S2/c1-4-19-8-10-20(11-9-19)21-6-5-7-22(15-21)24-17-37-28(29-24)30-26(33)25-12-13-31(25)27(34)23-14-18(2)32(16-23)38(3,35)36/h4-11,14-17,25H,1,12-13H2,2-3H3,(H,29,30,33)/t25-/m0/s1. The van der Waals surface area contributed by atoms with Crippen LogP contribution in [0.1, 0.15) is 28.0 Å². The summed E-state index contributed by atoms with van der Waals surface area (Å²) in [5.41, 5.74) is 5.54.